The molecule has 10 heteroatoms. The fraction of sp³-hybridized carbons (Fsp3) is 0.300. The van der Waals surface area contributed by atoms with Crippen molar-refractivity contribution in [2.45, 2.75) is 13.8 Å². The maximum Gasteiger partial charge on any atom is 0.333 e. The summed E-state index contributed by atoms with van der Waals surface area (Å²) < 4.78 is 9.72. The Bertz CT molecular complexity index is 737. The average Bonchev–Trinajstić information content (AvgIpc) is 2.69. The van der Waals surface area contributed by atoms with Crippen molar-refractivity contribution >= 4 is 35.4 Å². The third-order valence-corrected chi connectivity index (χ3v) is 3.34. The molecule has 4 amide bonds. The summed E-state index contributed by atoms with van der Waals surface area (Å²) in [5, 5.41) is 10.3. The molecule has 1 aromatic rings. The molecule has 0 aliphatic carbocycles. The van der Waals surface area contributed by atoms with Gasteiger partial charge in [-0.2, -0.15) is 0 Å². The summed E-state index contributed by atoms with van der Waals surface area (Å²) in [5.41, 5.74) is 1.58. The van der Waals surface area contributed by atoms with Gasteiger partial charge in [0.1, 0.15) is 13.2 Å². The first kappa shape index (κ1) is 24.2. The van der Waals surface area contributed by atoms with Crippen LogP contribution in [0.15, 0.2) is 48.6 Å². The lowest BCUT2D eigenvalue weighted by Gasteiger charge is -2.10. The first-order valence-corrected chi connectivity index (χ1v) is 9.04. The number of hydrogen-bond acceptors (Lipinski definition) is 6. The molecule has 1 aromatic carbocycles. The number of anilines is 2. The van der Waals surface area contributed by atoms with Gasteiger partial charge in [-0.25, -0.2) is 19.2 Å². The number of ether oxygens (including phenoxy) is 2. The van der Waals surface area contributed by atoms with E-state index in [4.69, 9.17) is 9.47 Å². The lowest BCUT2D eigenvalue weighted by atomic mass is 10.3. The Hall–Kier alpha value is -3.82. The van der Waals surface area contributed by atoms with Crippen molar-refractivity contribution in [3.05, 3.63) is 48.6 Å². The lowest BCUT2D eigenvalue weighted by molar-refractivity contribution is -0.139. The molecule has 0 radical (unpaired) electrons. The van der Waals surface area contributed by atoms with Crippen LogP contribution in [-0.2, 0) is 19.1 Å². The highest BCUT2D eigenvalue weighted by Gasteiger charge is 2.06. The molecule has 0 bridgehead atoms. The molecule has 10 nitrogen and oxygen atoms in total. The molecular weight excluding hydrogens is 392 g/mol. The summed E-state index contributed by atoms with van der Waals surface area (Å²) >= 11 is 0. The van der Waals surface area contributed by atoms with Crippen molar-refractivity contribution in [2.24, 2.45) is 0 Å². The number of hydrogen-bond donors (Lipinski definition) is 4. The predicted molar refractivity (Wildman–Crippen MR) is 112 cm³/mol. The van der Waals surface area contributed by atoms with Crippen molar-refractivity contribution in [1.29, 1.82) is 0 Å². The molecule has 4 N–H and O–H groups in total. The average molecular weight is 418 g/mol. The highest BCUT2D eigenvalue weighted by molar-refractivity contribution is 5.91. The number of esters is 2. The molecule has 0 saturated carbocycles. The van der Waals surface area contributed by atoms with Crippen molar-refractivity contribution in [3.8, 4) is 0 Å². The fourth-order valence-corrected chi connectivity index (χ4v) is 1.85. The third-order valence-electron chi connectivity index (χ3n) is 3.34. The molecule has 0 atom stereocenters. The maximum atomic E-state index is 11.8. The summed E-state index contributed by atoms with van der Waals surface area (Å²) in [4.78, 5) is 46.0. The summed E-state index contributed by atoms with van der Waals surface area (Å²) in [5.74, 6) is -1.03. The van der Waals surface area contributed by atoms with Crippen molar-refractivity contribution in [3.63, 3.8) is 0 Å². The fourth-order valence-electron chi connectivity index (χ4n) is 1.85. The molecule has 0 saturated heterocycles. The zero-order valence-electron chi connectivity index (χ0n) is 17.0. The number of carbonyl (C=O) groups excluding carboxylic acids is 4. The van der Waals surface area contributed by atoms with Crippen molar-refractivity contribution in [1.82, 2.24) is 10.6 Å². The second kappa shape index (κ2) is 12.6. The lowest BCUT2D eigenvalue weighted by Crippen LogP contribution is -2.32. The van der Waals surface area contributed by atoms with E-state index in [9.17, 15) is 19.2 Å². The highest BCUT2D eigenvalue weighted by Crippen LogP contribution is 2.13. The van der Waals surface area contributed by atoms with Gasteiger partial charge in [-0.15, -0.1) is 0 Å². The van der Waals surface area contributed by atoms with Gasteiger partial charge in [0.25, 0.3) is 0 Å². The van der Waals surface area contributed by atoms with Gasteiger partial charge in [-0.3, -0.25) is 0 Å². The maximum absolute atomic E-state index is 11.8. The van der Waals surface area contributed by atoms with E-state index in [1.165, 1.54) is 13.8 Å². The predicted octanol–water partition coefficient (Wildman–Crippen LogP) is 2.17. The first-order chi connectivity index (χ1) is 14.2. The minimum Gasteiger partial charge on any atom is -0.460 e. The topological polar surface area (TPSA) is 135 Å². The normalized spacial score (nSPS) is 9.67. The van der Waals surface area contributed by atoms with Crippen LogP contribution < -0.4 is 21.3 Å². The van der Waals surface area contributed by atoms with Gasteiger partial charge < -0.3 is 30.7 Å². The van der Waals surface area contributed by atoms with Crippen LogP contribution in [0.25, 0.3) is 0 Å². The Morgan fingerprint density at radius 2 is 1.07 bits per heavy atom. The van der Waals surface area contributed by atoms with Crippen LogP contribution in [0.5, 0.6) is 0 Å². The van der Waals surface area contributed by atoms with Gasteiger partial charge in [0.15, 0.2) is 0 Å². The van der Waals surface area contributed by atoms with E-state index >= 15 is 0 Å². The standard InChI is InChI=1S/C20H26N4O6/c1-13(2)17(25)29-11-9-21-19(27)23-15-5-7-16(8-6-15)24-20(28)22-10-12-30-18(26)14(3)4/h5-8H,1,3,9-12H2,2,4H3,(H2,21,23,27)(H2,22,24,28). The Labute approximate surface area is 174 Å². The number of nitrogens with one attached hydrogen (secondary N) is 4. The SMILES string of the molecule is C=C(C)C(=O)OCCNC(=O)Nc1ccc(NC(=O)NCCOC(=O)C(=C)C)cc1. The highest BCUT2D eigenvalue weighted by atomic mass is 16.5. The van der Waals surface area contributed by atoms with Crippen molar-refractivity contribution in [2.75, 3.05) is 36.9 Å². The first-order valence-electron chi connectivity index (χ1n) is 9.04. The summed E-state index contributed by atoms with van der Waals surface area (Å²) in [6, 6.07) is 5.47. The Kier molecular flexibility index (Phi) is 10.2. The van der Waals surface area contributed by atoms with E-state index in [0.717, 1.165) is 0 Å². The zero-order valence-corrected chi connectivity index (χ0v) is 17.0. The minimum absolute atomic E-state index is 0.0312. The van der Waals surface area contributed by atoms with Crippen molar-refractivity contribution < 1.29 is 28.7 Å². The number of rotatable bonds is 10. The van der Waals surface area contributed by atoms with E-state index in [1.807, 2.05) is 0 Å². The molecule has 162 valence electrons. The number of benzene rings is 1. The van der Waals surface area contributed by atoms with Crippen LogP contribution in [-0.4, -0.2) is 50.3 Å². The Balaban J connectivity index is 2.28. The molecular formula is C20H26N4O6. The van der Waals surface area contributed by atoms with Gasteiger partial charge in [0.2, 0.25) is 0 Å². The van der Waals surface area contributed by atoms with Crippen LogP contribution in [0.3, 0.4) is 0 Å². The van der Waals surface area contributed by atoms with E-state index in [2.05, 4.69) is 34.4 Å². The zero-order chi connectivity index (χ0) is 22.5. The molecule has 1 rings (SSSR count). The summed E-state index contributed by atoms with van der Waals surface area (Å²) in [6.07, 6.45) is 0. The van der Waals surface area contributed by atoms with Gasteiger partial charge in [0.05, 0.1) is 13.1 Å². The molecule has 30 heavy (non-hydrogen) atoms. The largest absolute Gasteiger partial charge is 0.460 e. The number of amides is 4. The van der Waals surface area contributed by atoms with E-state index in [0.29, 0.717) is 11.4 Å². The Morgan fingerprint density at radius 3 is 1.37 bits per heavy atom. The van der Waals surface area contributed by atoms with Gasteiger partial charge in [-0.1, -0.05) is 13.2 Å². The smallest absolute Gasteiger partial charge is 0.333 e. The molecule has 0 heterocycles. The molecule has 0 spiro atoms. The van der Waals surface area contributed by atoms with E-state index < -0.39 is 24.0 Å². The molecule has 0 unspecified atom stereocenters. The minimum atomic E-state index is -0.516. The van der Waals surface area contributed by atoms with E-state index in [-0.39, 0.29) is 37.4 Å². The van der Waals surface area contributed by atoms with Gasteiger partial charge >= 0.3 is 24.0 Å². The summed E-state index contributed by atoms with van der Waals surface area (Å²) in [7, 11) is 0. The number of carbonyl (C=O) groups is 4. The van der Waals surface area contributed by atoms with Crippen LogP contribution in [0.4, 0.5) is 21.0 Å². The molecule has 0 aromatic heterocycles. The summed E-state index contributed by atoms with van der Waals surface area (Å²) in [6.45, 7) is 10.3. The number of urea groups is 2. The van der Waals surface area contributed by atoms with Crippen LogP contribution in [0.2, 0.25) is 0 Å². The molecule has 0 aliphatic heterocycles. The Morgan fingerprint density at radius 1 is 0.733 bits per heavy atom. The van der Waals surface area contributed by atoms with Gasteiger partial charge in [-0.05, 0) is 38.1 Å². The second-order valence-corrected chi connectivity index (χ2v) is 6.17. The van der Waals surface area contributed by atoms with Crippen LogP contribution in [0.1, 0.15) is 13.8 Å². The second-order valence-electron chi connectivity index (χ2n) is 6.17. The molecule has 0 aliphatic rings. The van der Waals surface area contributed by atoms with Crippen LogP contribution in [0, 0.1) is 0 Å². The monoisotopic (exact) mass is 418 g/mol. The third kappa shape index (κ3) is 9.93. The van der Waals surface area contributed by atoms with Gasteiger partial charge in [0, 0.05) is 22.5 Å². The molecule has 0 fully saturated rings. The quantitative estimate of drug-likeness (QED) is 0.261. The van der Waals surface area contributed by atoms with Crippen LogP contribution >= 0.6 is 0 Å². The van der Waals surface area contributed by atoms with E-state index in [1.54, 1.807) is 24.3 Å².